The van der Waals surface area contributed by atoms with Gasteiger partial charge in [0.05, 0.1) is 0 Å². The minimum Gasteiger partial charge on any atom is -0.309 e. The molecule has 0 radical (unpaired) electrons. The fraction of sp³-hybridized carbons (Fsp3) is 0.733. The summed E-state index contributed by atoms with van der Waals surface area (Å²) in [4.78, 5) is 6.37. The molecule has 1 N–H and O–H groups in total. The Morgan fingerprint density at radius 3 is 2.84 bits per heavy atom. The van der Waals surface area contributed by atoms with Crippen LogP contribution in [-0.2, 0) is 0 Å². The molecule has 1 fully saturated rings. The van der Waals surface area contributed by atoms with Gasteiger partial charge < -0.3 is 10.2 Å². The zero-order valence-corrected chi connectivity index (χ0v) is 13.5. The molecular weight excluding hydrogens is 254 g/mol. The van der Waals surface area contributed by atoms with Gasteiger partial charge in [0.1, 0.15) is 0 Å². The van der Waals surface area contributed by atoms with Crippen LogP contribution in [0.1, 0.15) is 29.8 Å². The van der Waals surface area contributed by atoms with E-state index >= 15 is 0 Å². The van der Waals surface area contributed by atoms with Gasteiger partial charge in [0.25, 0.3) is 0 Å². The van der Waals surface area contributed by atoms with E-state index in [0.29, 0.717) is 12.1 Å². The van der Waals surface area contributed by atoms with E-state index < -0.39 is 0 Å². The van der Waals surface area contributed by atoms with Crippen LogP contribution in [0.4, 0.5) is 0 Å². The van der Waals surface area contributed by atoms with Gasteiger partial charge >= 0.3 is 0 Å². The predicted molar refractivity (Wildman–Crippen MR) is 84.0 cm³/mol. The minimum atomic E-state index is 0.456. The first-order chi connectivity index (χ1) is 9.11. The Kier molecular flexibility index (Phi) is 5.39. The number of likely N-dealkylation sites (N-methyl/N-ethyl adjacent to an activating group) is 2. The molecule has 2 atom stereocenters. The molecule has 19 heavy (non-hydrogen) atoms. The first-order valence-corrected chi connectivity index (χ1v) is 8.17. The number of piperazine rings is 1. The Bertz CT molecular complexity index is 390. The summed E-state index contributed by atoms with van der Waals surface area (Å²) in [5, 5.41) is 6.08. The van der Waals surface area contributed by atoms with Crippen molar-refractivity contribution < 1.29 is 0 Å². The van der Waals surface area contributed by atoms with E-state index in [1.807, 2.05) is 11.3 Å². The number of nitrogens with zero attached hydrogens (tertiary/aromatic N) is 2. The van der Waals surface area contributed by atoms with Crippen molar-refractivity contribution >= 4 is 11.3 Å². The first kappa shape index (κ1) is 15.0. The molecule has 2 rings (SSSR count). The maximum absolute atomic E-state index is 3.76. The maximum Gasteiger partial charge on any atom is 0.0498 e. The van der Waals surface area contributed by atoms with Gasteiger partial charge in [-0.15, -0.1) is 11.3 Å². The lowest BCUT2D eigenvalue weighted by atomic mass is 9.98. The first-order valence-electron chi connectivity index (χ1n) is 7.29. The SMILES string of the molecule is CCCNC(c1csc(C)c1)C1CN(C)CCN1C. The highest BCUT2D eigenvalue weighted by Gasteiger charge is 2.30. The highest BCUT2D eigenvalue weighted by atomic mass is 32.1. The van der Waals surface area contributed by atoms with Crippen molar-refractivity contribution in [2.24, 2.45) is 0 Å². The Labute approximate surface area is 121 Å². The molecule has 0 amide bonds. The molecule has 2 heterocycles. The molecule has 0 saturated carbocycles. The second kappa shape index (κ2) is 6.84. The van der Waals surface area contributed by atoms with Crippen molar-refractivity contribution in [1.82, 2.24) is 15.1 Å². The van der Waals surface area contributed by atoms with Crippen molar-refractivity contribution in [2.45, 2.75) is 32.4 Å². The van der Waals surface area contributed by atoms with E-state index in [9.17, 15) is 0 Å². The van der Waals surface area contributed by atoms with Crippen LogP contribution in [0.15, 0.2) is 11.4 Å². The molecule has 0 bridgehead atoms. The summed E-state index contributed by atoms with van der Waals surface area (Å²) in [6, 6.07) is 3.37. The van der Waals surface area contributed by atoms with Crippen LogP contribution in [-0.4, -0.2) is 56.1 Å². The summed E-state index contributed by atoms with van der Waals surface area (Å²) >= 11 is 1.86. The van der Waals surface area contributed by atoms with Crippen LogP contribution >= 0.6 is 11.3 Å². The van der Waals surface area contributed by atoms with E-state index in [2.05, 4.69) is 54.5 Å². The number of hydrogen-bond donors (Lipinski definition) is 1. The molecule has 0 aromatic carbocycles. The Morgan fingerprint density at radius 1 is 1.42 bits per heavy atom. The van der Waals surface area contributed by atoms with Gasteiger partial charge in [-0.2, -0.15) is 0 Å². The Morgan fingerprint density at radius 2 is 2.21 bits per heavy atom. The lowest BCUT2D eigenvalue weighted by Crippen LogP contribution is -2.55. The molecule has 1 aromatic rings. The number of rotatable bonds is 5. The summed E-state index contributed by atoms with van der Waals surface area (Å²) in [5.74, 6) is 0. The molecule has 1 aliphatic heterocycles. The molecule has 2 unspecified atom stereocenters. The number of aryl methyl sites for hydroxylation is 1. The summed E-state index contributed by atoms with van der Waals surface area (Å²) in [7, 11) is 4.49. The third-order valence-electron chi connectivity index (χ3n) is 4.01. The summed E-state index contributed by atoms with van der Waals surface area (Å²) in [6.07, 6.45) is 1.19. The van der Waals surface area contributed by atoms with Crippen LogP contribution in [0.5, 0.6) is 0 Å². The van der Waals surface area contributed by atoms with Crippen LogP contribution in [0.2, 0.25) is 0 Å². The molecule has 108 valence electrons. The van der Waals surface area contributed by atoms with Gasteiger partial charge in [-0.25, -0.2) is 0 Å². The van der Waals surface area contributed by atoms with Crippen molar-refractivity contribution in [2.75, 3.05) is 40.3 Å². The molecule has 1 aromatic heterocycles. The highest BCUT2D eigenvalue weighted by Crippen LogP contribution is 2.27. The number of nitrogens with one attached hydrogen (secondary N) is 1. The summed E-state index contributed by atoms with van der Waals surface area (Å²) in [5.41, 5.74) is 1.46. The van der Waals surface area contributed by atoms with Crippen LogP contribution in [0, 0.1) is 6.92 Å². The van der Waals surface area contributed by atoms with Crippen LogP contribution < -0.4 is 5.32 Å². The smallest absolute Gasteiger partial charge is 0.0498 e. The third-order valence-corrected chi connectivity index (χ3v) is 4.89. The minimum absolute atomic E-state index is 0.456. The lowest BCUT2D eigenvalue weighted by Gasteiger charge is -2.42. The van der Waals surface area contributed by atoms with E-state index in [0.717, 1.165) is 19.6 Å². The number of thiophene rings is 1. The standard InChI is InChI=1S/C15H27N3S/c1-5-6-16-15(13-9-12(2)19-11-13)14-10-17(3)7-8-18(14)4/h9,11,14-16H,5-8,10H2,1-4H3. The Balaban J connectivity index is 2.16. The van der Waals surface area contributed by atoms with E-state index in [1.54, 1.807) is 0 Å². The molecule has 0 aliphatic carbocycles. The Hall–Kier alpha value is -0.420. The van der Waals surface area contributed by atoms with E-state index in [4.69, 9.17) is 0 Å². The molecule has 0 spiro atoms. The fourth-order valence-corrected chi connectivity index (χ4v) is 3.55. The van der Waals surface area contributed by atoms with Gasteiger partial charge in [-0.3, -0.25) is 4.90 Å². The van der Waals surface area contributed by atoms with Gasteiger partial charge in [0, 0.05) is 36.6 Å². The third kappa shape index (κ3) is 3.78. The van der Waals surface area contributed by atoms with Crippen molar-refractivity contribution in [3.8, 4) is 0 Å². The van der Waals surface area contributed by atoms with Crippen LogP contribution in [0.25, 0.3) is 0 Å². The van der Waals surface area contributed by atoms with Gasteiger partial charge in [0.2, 0.25) is 0 Å². The number of hydrogen-bond acceptors (Lipinski definition) is 4. The fourth-order valence-electron chi connectivity index (χ4n) is 2.81. The van der Waals surface area contributed by atoms with Gasteiger partial charge in [0.15, 0.2) is 0 Å². The zero-order chi connectivity index (χ0) is 13.8. The predicted octanol–water partition coefficient (Wildman–Crippen LogP) is 2.34. The topological polar surface area (TPSA) is 18.5 Å². The van der Waals surface area contributed by atoms with Crippen molar-refractivity contribution in [1.29, 1.82) is 0 Å². The molecule has 1 aliphatic rings. The molecule has 1 saturated heterocycles. The second-order valence-electron chi connectivity index (χ2n) is 5.73. The second-order valence-corrected chi connectivity index (χ2v) is 6.85. The van der Waals surface area contributed by atoms with Gasteiger partial charge in [-0.1, -0.05) is 6.92 Å². The molecular formula is C15H27N3S. The summed E-state index contributed by atoms with van der Waals surface area (Å²) < 4.78 is 0. The molecule has 3 nitrogen and oxygen atoms in total. The zero-order valence-electron chi connectivity index (χ0n) is 12.6. The van der Waals surface area contributed by atoms with E-state index in [-0.39, 0.29) is 0 Å². The monoisotopic (exact) mass is 281 g/mol. The largest absolute Gasteiger partial charge is 0.309 e. The lowest BCUT2D eigenvalue weighted by molar-refractivity contribution is 0.0877. The van der Waals surface area contributed by atoms with Gasteiger partial charge in [-0.05, 0) is 51.0 Å². The summed E-state index contributed by atoms with van der Waals surface area (Å²) in [6.45, 7) is 9.01. The molecule has 4 heteroatoms. The average molecular weight is 281 g/mol. The average Bonchev–Trinajstić information content (AvgIpc) is 2.80. The quantitative estimate of drug-likeness (QED) is 0.894. The van der Waals surface area contributed by atoms with E-state index in [1.165, 1.54) is 23.4 Å². The van der Waals surface area contributed by atoms with Crippen molar-refractivity contribution in [3.63, 3.8) is 0 Å². The normalized spacial score (nSPS) is 23.7. The highest BCUT2D eigenvalue weighted by molar-refractivity contribution is 7.10. The maximum atomic E-state index is 3.76. The van der Waals surface area contributed by atoms with Crippen molar-refractivity contribution in [3.05, 3.63) is 21.9 Å². The van der Waals surface area contributed by atoms with Crippen LogP contribution in [0.3, 0.4) is 0 Å².